The minimum absolute atomic E-state index is 0.286. The van der Waals surface area contributed by atoms with Crippen molar-refractivity contribution in [3.8, 4) is 11.5 Å². The van der Waals surface area contributed by atoms with Gasteiger partial charge in [0.2, 0.25) is 0 Å². The van der Waals surface area contributed by atoms with Crippen molar-refractivity contribution in [2.75, 3.05) is 27.4 Å². The number of rotatable bonds is 7. The van der Waals surface area contributed by atoms with Gasteiger partial charge < -0.3 is 24.4 Å². The Balaban J connectivity index is 1.70. The molecule has 1 saturated heterocycles. The average molecular weight is 379 g/mol. The second-order valence-electron chi connectivity index (χ2n) is 7.07. The molecule has 26 heavy (non-hydrogen) atoms. The average Bonchev–Trinajstić information content (AvgIpc) is 3.38. The lowest BCUT2D eigenvalue weighted by Gasteiger charge is -2.32. The van der Waals surface area contributed by atoms with Gasteiger partial charge in [-0.3, -0.25) is 0 Å². The van der Waals surface area contributed by atoms with Crippen molar-refractivity contribution in [2.24, 2.45) is 0 Å². The number of nitrogens with one attached hydrogen (secondary N) is 1. The topological polar surface area (TPSA) is 43.0 Å². The van der Waals surface area contributed by atoms with Gasteiger partial charge in [-0.2, -0.15) is 0 Å². The van der Waals surface area contributed by atoms with E-state index in [-0.39, 0.29) is 6.10 Å². The van der Waals surface area contributed by atoms with Gasteiger partial charge in [0.1, 0.15) is 11.5 Å². The number of hydrogen-bond acceptors (Lipinski definition) is 4. The number of hydrogen-bond donors (Lipinski definition) is 1. The van der Waals surface area contributed by atoms with E-state index in [9.17, 15) is 0 Å². The largest absolute Gasteiger partial charge is 0.497 e. The molecule has 1 aliphatic heterocycles. The molecule has 0 radical (unpaired) electrons. The first kappa shape index (κ1) is 19.2. The van der Waals surface area contributed by atoms with E-state index >= 15 is 0 Å². The molecule has 1 aromatic rings. The molecular weight excluding hydrogens is 348 g/mol. The third-order valence-electron chi connectivity index (χ3n) is 5.37. The summed E-state index contributed by atoms with van der Waals surface area (Å²) in [6, 6.07) is 6.48. The molecule has 1 aliphatic carbocycles. The Hall–Kier alpha value is -1.53. The van der Waals surface area contributed by atoms with E-state index in [1.807, 2.05) is 12.1 Å². The summed E-state index contributed by atoms with van der Waals surface area (Å²) in [7, 11) is 3.37. The first-order chi connectivity index (χ1) is 12.7. The lowest BCUT2D eigenvalue weighted by molar-refractivity contribution is 0.113. The van der Waals surface area contributed by atoms with Crippen molar-refractivity contribution in [3.63, 3.8) is 0 Å². The molecule has 2 aliphatic rings. The Labute approximate surface area is 162 Å². The highest BCUT2D eigenvalue weighted by Crippen LogP contribution is 2.30. The van der Waals surface area contributed by atoms with Crippen LogP contribution in [0.25, 0.3) is 0 Å². The third-order valence-corrected chi connectivity index (χ3v) is 5.75. The fraction of sp³-hybridized carbons (Fsp3) is 0.650. The van der Waals surface area contributed by atoms with Gasteiger partial charge in [0.05, 0.1) is 20.3 Å². The number of benzene rings is 1. The Morgan fingerprint density at radius 3 is 2.65 bits per heavy atom. The van der Waals surface area contributed by atoms with Crippen LogP contribution in [0.4, 0.5) is 0 Å². The minimum atomic E-state index is 0.286. The molecular formula is C20H30N2O3S. The summed E-state index contributed by atoms with van der Waals surface area (Å²) < 4.78 is 16.6. The fourth-order valence-corrected chi connectivity index (χ4v) is 4.15. The second kappa shape index (κ2) is 9.42. The highest BCUT2D eigenvalue weighted by molar-refractivity contribution is 7.80. The van der Waals surface area contributed by atoms with Crippen LogP contribution in [0.15, 0.2) is 18.2 Å². The van der Waals surface area contributed by atoms with E-state index in [4.69, 9.17) is 26.4 Å². The fourth-order valence-electron chi connectivity index (χ4n) is 3.86. The minimum Gasteiger partial charge on any atom is -0.497 e. The zero-order valence-electron chi connectivity index (χ0n) is 15.8. The van der Waals surface area contributed by atoms with Crippen molar-refractivity contribution in [3.05, 3.63) is 23.8 Å². The predicted octanol–water partition coefficient (Wildman–Crippen LogP) is 3.50. The van der Waals surface area contributed by atoms with Gasteiger partial charge in [0.25, 0.3) is 0 Å². The number of ether oxygens (including phenoxy) is 3. The molecule has 6 heteroatoms. The van der Waals surface area contributed by atoms with Crippen LogP contribution in [0, 0.1) is 0 Å². The standard InChI is InChI=1S/C20H30N2O3S/c1-23-17-10-9-15(19(12-17)24-2)14-22(16-6-3-4-7-16)20(26)21-13-18-8-5-11-25-18/h9-10,12,16,18H,3-8,11,13-14H2,1-2H3,(H,21,26). The molecule has 144 valence electrons. The molecule has 1 saturated carbocycles. The molecule has 0 amide bonds. The van der Waals surface area contributed by atoms with Crippen LogP contribution in [0.1, 0.15) is 44.1 Å². The Kier molecular flexibility index (Phi) is 6.97. The molecule has 1 heterocycles. The van der Waals surface area contributed by atoms with Crippen molar-refractivity contribution in [1.82, 2.24) is 10.2 Å². The molecule has 1 atom stereocenters. The normalized spacial score (nSPS) is 20.2. The number of nitrogens with zero attached hydrogens (tertiary/aromatic N) is 1. The van der Waals surface area contributed by atoms with Gasteiger partial charge in [-0.15, -0.1) is 0 Å². The summed E-state index contributed by atoms with van der Waals surface area (Å²) in [5.41, 5.74) is 1.13. The van der Waals surface area contributed by atoms with E-state index < -0.39 is 0 Å². The first-order valence-electron chi connectivity index (χ1n) is 9.58. The SMILES string of the molecule is COc1ccc(CN(C(=S)NCC2CCCO2)C2CCCC2)c(OC)c1. The van der Waals surface area contributed by atoms with Crippen LogP contribution in [0.5, 0.6) is 11.5 Å². The quantitative estimate of drug-likeness (QED) is 0.733. The summed E-state index contributed by atoms with van der Waals surface area (Å²) in [6.07, 6.45) is 7.49. The number of thiocarbonyl (C=S) groups is 1. The molecule has 0 spiro atoms. The van der Waals surface area contributed by atoms with Crippen molar-refractivity contribution in [1.29, 1.82) is 0 Å². The smallest absolute Gasteiger partial charge is 0.169 e. The number of methoxy groups -OCH3 is 2. The molecule has 2 fully saturated rings. The summed E-state index contributed by atoms with van der Waals surface area (Å²) in [6.45, 7) is 2.41. The van der Waals surface area contributed by atoms with Crippen LogP contribution in [0.3, 0.4) is 0 Å². The third kappa shape index (κ3) is 4.80. The van der Waals surface area contributed by atoms with Crippen LogP contribution in [0.2, 0.25) is 0 Å². The summed E-state index contributed by atoms with van der Waals surface area (Å²) in [4.78, 5) is 2.33. The molecule has 1 aromatic carbocycles. The summed E-state index contributed by atoms with van der Waals surface area (Å²) >= 11 is 5.77. The molecule has 3 rings (SSSR count). The maximum atomic E-state index is 5.77. The van der Waals surface area contributed by atoms with Crippen LogP contribution >= 0.6 is 12.2 Å². The molecule has 1 N–H and O–H groups in total. The Morgan fingerprint density at radius 2 is 2.00 bits per heavy atom. The van der Waals surface area contributed by atoms with E-state index in [1.54, 1.807) is 14.2 Å². The maximum absolute atomic E-state index is 5.77. The van der Waals surface area contributed by atoms with Crippen molar-refractivity contribution in [2.45, 2.75) is 57.2 Å². The van der Waals surface area contributed by atoms with Crippen LogP contribution in [-0.2, 0) is 11.3 Å². The van der Waals surface area contributed by atoms with E-state index in [0.717, 1.165) is 54.7 Å². The monoisotopic (exact) mass is 378 g/mol. The highest BCUT2D eigenvalue weighted by Gasteiger charge is 2.26. The lowest BCUT2D eigenvalue weighted by atomic mass is 10.1. The van der Waals surface area contributed by atoms with Crippen LogP contribution < -0.4 is 14.8 Å². The van der Waals surface area contributed by atoms with Crippen LogP contribution in [-0.4, -0.2) is 49.5 Å². The van der Waals surface area contributed by atoms with Gasteiger partial charge in [-0.25, -0.2) is 0 Å². The zero-order valence-corrected chi connectivity index (χ0v) is 16.6. The lowest BCUT2D eigenvalue weighted by Crippen LogP contribution is -2.46. The van der Waals surface area contributed by atoms with E-state index in [0.29, 0.717) is 6.04 Å². The maximum Gasteiger partial charge on any atom is 0.169 e. The Bertz CT molecular complexity index is 599. The highest BCUT2D eigenvalue weighted by atomic mass is 32.1. The van der Waals surface area contributed by atoms with Gasteiger partial charge in [0.15, 0.2) is 5.11 Å². The van der Waals surface area contributed by atoms with E-state index in [2.05, 4.69) is 16.3 Å². The molecule has 0 aromatic heterocycles. The van der Waals surface area contributed by atoms with Gasteiger partial charge >= 0.3 is 0 Å². The van der Waals surface area contributed by atoms with Gasteiger partial charge in [-0.05, 0) is 50.0 Å². The molecule has 1 unspecified atom stereocenters. The second-order valence-corrected chi connectivity index (χ2v) is 7.45. The summed E-state index contributed by atoms with van der Waals surface area (Å²) in [5, 5.41) is 4.27. The van der Waals surface area contributed by atoms with Gasteiger partial charge in [0, 0.05) is 37.4 Å². The predicted molar refractivity (Wildman–Crippen MR) is 107 cm³/mol. The molecule has 0 bridgehead atoms. The molecule has 5 nitrogen and oxygen atoms in total. The first-order valence-corrected chi connectivity index (χ1v) is 9.99. The zero-order chi connectivity index (χ0) is 18.4. The Morgan fingerprint density at radius 1 is 1.19 bits per heavy atom. The summed E-state index contributed by atoms with van der Waals surface area (Å²) in [5.74, 6) is 1.64. The van der Waals surface area contributed by atoms with Gasteiger partial charge in [-0.1, -0.05) is 12.8 Å². The van der Waals surface area contributed by atoms with E-state index in [1.165, 1.54) is 25.7 Å². The van der Waals surface area contributed by atoms with Crippen molar-refractivity contribution < 1.29 is 14.2 Å². The van der Waals surface area contributed by atoms with Crippen molar-refractivity contribution >= 4 is 17.3 Å².